The van der Waals surface area contributed by atoms with E-state index in [0.29, 0.717) is 28.2 Å². The van der Waals surface area contributed by atoms with Crippen LogP contribution < -0.4 is 16.2 Å². The predicted octanol–water partition coefficient (Wildman–Crippen LogP) is 2.89. The van der Waals surface area contributed by atoms with Gasteiger partial charge >= 0.3 is 0 Å². The molecule has 148 valence electrons. The normalized spacial score (nSPS) is 20.1. The molecule has 0 bridgehead atoms. The van der Waals surface area contributed by atoms with E-state index in [2.05, 4.69) is 9.88 Å². The average molecular weight is 404 g/mol. The number of hydrogen-bond donors (Lipinski definition) is 1. The Morgan fingerprint density at radius 3 is 2.89 bits per heavy atom. The minimum atomic E-state index is -0.365. The zero-order valence-electron chi connectivity index (χ0n) is 16.0. The number of anilines is 1. The molecule has 3 aromatic rings. The summed E-state index contributed by atoms with van der Waals surface area (Å²) in [6, 6.07) is 6.17. The van der Waals surface area contributed by atoms with Crippen molar-refractivity contribution >= 4 is 28.5 Å². The second-order valence-electron chi connectivity index (χ2n) is 7.90. The highest BCUT2D eigenvalue weighted by Crippen LogP contribution is 2.30. The van der Waals surface area contributed by atoms with E-state index in [1.54, 1.807) is 7.05 Å². The molecule has 2 N–H and O–H groups in total. The molecule has 2 aromatic heterocycles. The number of aryl methyl sites for hydroxylation is 1. The summed E-state index contributed by atoms with van der Waals surface area (Å²) in [4.78, 5) is 19.5. The van der Waals surface area contributed by atoms with Gasteiger partial charge in [0.05, 0.1) is 18.4 Å². The molecule has 1 saturated heterocycles. The van der Waals surface area contributed by atoms with E-state index in [9.17, 15) is 9.18 Å². The lowest BCUT2D eigenvalue weighted by molar-refractivity contribution is 0.371. The third-order valence-electron chi connectivity index (χ3n) is 5.34. The quantitative estimate of drug-likeness (QED) is 0.730. The maximum atomic E-state index is 13.8. The number of rotatable bonds is 3. The van der Waals surface area contributed by atoms with Crippen LogP contribution in [0.5, 0.6) is 0 Å². The second-order valence-corrected chi connectivity index (χ2v) is 8.31. The van der Waals surface area contributed by atoms with E-state index >= 15 is 0 Å². The SMILES string of the molecule is Cn1cnc2cc(N3CCC[C@@](C)(N)C3)n(Cc3cc(F)ccc3Cl)c2c1=O. The van der Waals surface area contributed by atoms with Crippen LogP contribution in [0.15, 0.2) is 35.4 Å². The third-order valence-corrected chi connectivity index (χ3v) is 5.70. The van der Waals surface area contributed by atoms with Crippen molar-refractivity contribution in [3.63, 3.8) is 0 Å². The molecule has 1 atom stereocenters. The summed E-state index contributed by atoms with van der Waals surface area (Å²) < 4.78 is 17.1. The van der Waals surface area contributed by atoms with Gasteiger partial charge < -0.3 is 19.8 Å². The van der Waals surface area contributed by atoms with Gasteiger partial charge in [-0.05, 0) is 43.5 Å². The molecule has 1 aliphatic heterocycles. The first-order valence-electron chi connectivity index (χ1n) is 9.28. The van der Waals surface area contributed by atoms with E-state index in [1.165, 1.54) is 29.1 Å². The molecule has 3 heterocycles. The Bertz CT molecular complexity index is 1100. The molecule has 0 radical (unpaired) electrons. The molecule has 0 spiro atoms. The average Bonchev–Trinajstić information content (AvgIpc) is 3.00. The minimum Gasteiger partial charge on any atom is -0.356 e. The summed E-state index contributed by atoms with van der Waals surface area (Å²) in [5.74, 6) is 0.485. The van der Waals surface area contributed by atoms with Gasteiger partial charge in [0.2, 0.25) is 0 Å². The van der Waals surface area contributed by atoms with Crippen LogP contribution in [0.2, 0.25) is 5.02 Å². The summed E-state index contributed by atoms with van der Waals surface area (Å²) in [5.41, 5.74) is 7.62. The Morgan fingerprint density at radius 2 is 2.14 bits per heavy atom. The lowest BCUT2D eigenvalue weighted by Gasteiger charge is -2.39. The first kappa shape index (κ1) is 19.0. The van der Waals surface area contributed by atoms with Crippen molar-refractivity contribution in [1.82, 2.24) is 14.1 Å². The van der Waals surface area contributed by atoms with Gasteiger partial charge in [0.25, 0.3) is 5.56 Å². The Hall–Kier alpha value is -2.38. The Morgan fingerprint density at radius 1 is 1.36 bits per heavy atom. The van der Waals surface area contributed by atoms with E-state index in [-0.39, 0.29) is 23.5 Å². The van der Waals surface area contributed by atoms with Crippen molar-refractivity contribution in [1.29, 1.82) is 0 Å². The predicted molar refractivity (Wildman–Crippen MR) is 110 cm³/mol. The van der Waals surface area contributed by atoms with E-state index in [1.807, 2.05) is 17.6 Å². The number of aromatic nitrogens is 3. The molecule has 1 fully saturated rings. The Kier molecular flexibility index (Phi) is 4.67. The standard InChI is InChI=1S/C20H23ClFN5O/c1-20(23)6-3-7-26(11-20)17-9-16-18(19(28)25(2)12-24-16)27(17)10-13-8-14(22)4-5-15(13)21/h4-5,8-9,12H,3,6-7,10-11,23H2,1-2H3/t20-/m1/s1. The summed E-state index contributed by atoms with van der Waals surface area (Å²) in [5, 5.41) is 0.456. The zero-order chi connectivity index (χ0) is 20.1. The van der Waals surface area contributed by atoms with Crippen LogP contribution in [0.4, 0.5) is 10.2 Å². The van der Waals surface area contributed by atoms with E-state index < -0.39 is 0 Å². The van der Waals surface area contributed by atoms with Crippen LogP contribution in [-0.4, -0.2) is 32.7 Å². The molecule has 0 aliphatic carbocycles. The number of hydrogen-bond acceptors (Lipinski definition) is 4. The number of halogens is 2. The van der Waals surface area contributed by atoms with Crippen molar-refractivity contribution < 1.29 is 4.39 Å². The number of nitrogens with two attached hydrogens (primary N) is 1. The first-order valence-corrected chi connectivity index (χ1v) is 9.66. The van der Waals surface area contributed by atoms with E-state index in [0.717, 1.165) is 25.2 Å². The smallest absolute Gasteiger partial charge is 0.277 e. The fraction of sp³-hybridized carbons (Fsp3) is 0.400. The zero-order valence-corrected chi connectivity index (χ0v) is 16.7. The second kappa shape index (κ2) is 6.90. The van der Waals surface area contributed by atoms with Gasteiger partial charge in [-0.3, -0.25) is 4.79 Å². The van der Waals surface area contributed by atoms with Gasteiger partial charge in [-0.15, -0.1) is 0 Å². The van der Waals surface area contributed by atoms with Crippen LogP contribution in [0.3, 0.4) is 0 Å². The number of fused-ring (bicyclic) bond motifs is 1. The molecular weight excluding hydrogens is 381 g/mol. The summed E-state index contributed by atoms with van der Waals surface area (Å²) in [6.45, 7) is 3.81. The van der Waals surface area contributed by atoms with Gasteiger partial charge in [-0.1, -0.05) is 11.6 Å². The van der Waals surface area contributed by atoms with Gasteiger partial charge in [-0.25, -0.2) is 9.37 Å². The number of nitrogens with zero attached hydrogens (tertiary/aromatic N) is 4. The fourth-order valence-electron chi connectivity index (χ4n) is 3.93. The largest absolute Gasteiger partial charge is 0.356 e. The monoisotopic (exact) mass is 403 g/mol. The number of benzene rings is 1. The van der Waals surface area contributed by atoms with Crippen molar-refractivity contribution in [3.8, 4) is 0 Å². The van der Waals surface area contributed by atoms with E-state index in [4.69, 9.17) is 17.3 Å². The topological polar surface area (TPSA) is 69.1 Å². The first-order chi connectivity index (χ1) is 13.2. The molecule has 4 rings (SSSR count). The molecule has 0 unspecified atom stereocenters. The molecule has 1 aliphatic rings. The lowest BCUT2D eigenvalue weighted by atomic mass is 9.92. The maximum absolute atomic E-state index is 13.8. The van der Waals surface area contributed by atoms with Gasteiger partial charge in [-0.2, -0.15) is 0 Å². The van der Waals surface area contributed by atoms with Crippen LogP contribution in [0, 0.1) is 5.82 Å². The van der Waals surface area contributed by atoms with Crippen molar-refractivity contribution in [3.05, 3.63) is 57.3 Å². The third kappa shape index (κ3) is 3.40. The Labute approximate surface area is 167 Å². The fourth-order valence-corrected chi connectivity index (χ4v) is 4.11. The molecule has 0 saturated carbocycles. The van der Waals surface area contributed by atoms with Crippen LogP contribution in [0.1, 0.15) is 25.3 Å². The highest BCUT2D eigenvalue weighted by Gasteiger charge is 2.29. The molecule has 6 nitrogen and oxygen atoms in total. The minimum absolute atomic E-state index is 0.156. The van der Waals surface area contributed by atoms with Crippen LogP contribution in [-0.2, 0) is 13.6 Å². The summed E-state index contributed by atoms with van der Waals surface area (Å²) in [6.07, 6.45) is 3.41. The molecule has 0 amide bonds. The highest BCUT2D eigenvalue weighted by atomic mass is 35.5. The summed E-state index contributed by atoms with van der Waals surface area (Å²) >= 11 is 6.31. The van der Waals surface area contributed by atoms with Crippen LogP contribution in [0.25, 0.3) is 11.0 Å². The van der Waals surface area contributed by atoms with Gasteiger partial charge in [0.15, 0.2) is 0 Å². The summed E-state index contributed by atoms with van der Waals surface area (Å²) in [7, 11) is 1.67. The van der Waals surface area contributed by atoms with Crippen LogP contribution >= 0.6 is 11.6 Å². The molecule has 28 heavy (non-hydrogen) atoms. The lowest BCUT2D eigenvalue weighted by Crippen LogP contribution is -2.52. The van der Waals surface area contributed by atoms with Crippen molar-refractivity contribution in [2.45, 2.75) is 31.8 Å². The van der Waals surface area contributed by atoms with Crippen molar-refractivity contribution in [2.75, 3.05) is 18.0 Å². The molecule has 8 heteroatoms. The Balaban J connectivity index is 1.90. The van der Waals surface area contributed by atoms with Gasteiger partial charge in [0, 0.05) is 36.8 Å². The van der Waals surface area contributed by atoms with Gasteiger partial charge in [0.1, 0.15) is 17.2 Å². The highest BCUT2D eigenvalue weighted by molar-refractivity contribution is 6.31. The number of piperidine rings is 1. The molecular formula is C20H23ClFN5O. The maximum Gasteiger partial charge on any atom is 0.277 e. The molecule has 1 aromatic carbocycles. The van der Waals surface area contributed by atoms with Crippen molar-refractivity contribution in [2.24, 2.45) is 12.8 Å².